The maximum Gasteiger partial charge on any atom is 0.238 e. The molecule has 120 valence electrons. The van der Waals surface area contributed by atoms with E-state index >= 15 is 0 Å². The zero-order valence-electron chi connectivity index (χ0n) is 14.1. The van der Waals surface area contributed by atoms with Crippen LogP contribution in [0.1, 0.15) is 65.9 Å². The fourth-order valence-corrected chi connectivity index (χ4v) is 3.23. The van der Waals surface area contributed by atoms with Crippen molar-refractivity contribution in [3.05, 3.63) is 29.8 Å². The van der Waals surface area contributed by atoms with E-state index in [9.17, 15) is 8.42 Å². The Bertz CT molecular complexity index is 544. The number of primary sulfonamides is 1. The standard InChI is InChI=1S/C17H29NO2S/c1-16(2,3)11-14(12-17(4,5)6)13-7-9-15(10-8-13)21(18,19)20/h7-10,14H,11-12H2,1-6H3,(H2,18,19,20). The van der Waals surface area contributed by atoms with Crippen LogP contribution in [0.4, 0.5) is 0 Å². The van der Waals surface area contributed by atoms with E-state index in [1.165, 1.54) is 5.56 Å². The molecule has 0 unspecified atom stereocenters. The predicted molar refractivity (Wildman–Crippen MR) is 88.7 cm³/mol. The maximum atomic E-state index is 11.3. The first kappa shape index (κ1) is 18.2. The van der Waals surface area contributed by atoms with Crippen LogP contribution in [-0.2, 0) is 10.0 Å². The van der Waals surface area contributed by atoms with Gasteiger partial charge in [0.05, 0.1) is 4.90 Å². The second kappa shape index (κ2) is 6.09. The van der Waals surface area contributed by atoms with Crippen molar-refractivity contribution in [1.29, 1.82) is 0 Å². The lowest BCUT2D eigenvalue weighted by Crippen LogP contribution is -2.18. The molecule has 0 fully saturated rings. The van der Waals surface area contributed by atoms with Gasteiger partial charge in [0.1, 0.15) is 0 Å². The van der Waals surface area contributed by atoms with Gasteiger partial charge in [-0.1, -0.05) is 53.7 Å². The minimum atomic E-state index is -3.62. The first-order chi connectivity index (χ1) is 9.28. The van der Waals surface area contributed by atoms with Crippen LogP contribution < -0.4 is 5.14 Å². The first-order valence-corrected chi connectivity index (χ1v) is 8.95. The van der Waals surface area contributed by atoms with Gasteiger partial charge in [0.2, 0.25) is 10.0 Å². The summed E-state index contributed by atoms with van der Waals surface area (Å²) in [6.07, 6.45) is 2.14. The monoisotopic (exact) mass is 311 g/mol. The average molecular weight is 311 g/mol. The molecular formula is C17H29NO2S. The summed E-state index contributed by atoms with van der Waals surface area (Å²) >= 11 is 0. The van der Waals surface area contributed by atoms with Gasteiger partial charge in [0, 0.05) is 0 Å². The molecule has 0 radical (unpaired) electrons. The lowest BCUT2D eigenvalue weighted by atomic mass is 9.74. The summed E-state index contributed by atoms with van der Waals surface area (Å²) in [5.41, 5.74) is 1.65. The third kappa shape index (κ3) is 6.62. The molecule has 0 heterocycles. The van der Waals surface area contributed by atoms with Crippen LogP contribution in [0.25, 0.3) is 0 Å². The number of hydrogen-bond acceptors (Lipinski definition) is 2. The highest BCUT2D eigenvalue weighted by atomic mass is 32.2. The molecular weight excluding hydrogens is 282 g/mol. The molecule has 0 amide bonds. The van der Waals surface area contributed by atoms with Gasteiger partial charge in [-0.3, -0.25) is 0 Å². The molecule has 1 aromatic carbocycles. The van der Waals surface area contributed by atoms with Crippen LogP contribution in [0.5, 0.6) is 0 Å². The minimum Gasteiger partial charge on any atom is -0.225 e. The summed E-state index contributed by atoms with van der Waals surface area (Å²) < 4.78 is 22.7. The molecule has 0 spiro atoms. The molecule has 0 aromatic heterocycles. The van der Waals surface area contributed by atoms with E-state index in [4.69, 9.17) is 5.14 Å². The molecule has 1 rings (SSSR count). The highest BCUT2D eigenvalue weighted by Crippen LogP contribution is 2.39. The largest absolute Gasteiger partial charge is 0.238 e. The number of benzene rings is 1. The molecule has 0 aliphatic carbocycles. The van der Waals surface area contributed by atoms with Gasteiger partial charge < -0.3 is 0 Å². The third-order valence-corrected chi connectivity index (χ3v) is 4.33. The number of rotatable bonds is 4. The highest BCUT2D eigenvalue weighted by Gasteiger charge is 2.25. The van der Waals surface area contributed by atoms with Crippen LogP contribution in [0.3, 0.4) is 0 Å². The quantitative estimate of drug-likeness (QED) is 0.901. The van der Waals surface area contributed by atoms with E-state index < -0.39 is 10.0 Å². The summed E-state index contributed by atoms with van der Waals surface area (Å²) in [6.45, 7) is 13.4. The lowest BCUT2D eigenvalue weighted by Gasteiger charge is -2.31. The predicted octanol–water partition coefficient (Wildman–Crippen LogP) is 4.29. The van der Waals surface area contributed by atoms with E-state index in [1.807, 2.05) is 12.1 Å². The summed E-state index contributed by atoms with van der Waals surface area (Å²) in [4.78, 5) is 0.177. The number of nitrogens with two attached hydrogens (primary N) is 1. The Morgan fingerprint density at radius 3 is 1.57 bits per heavy atom. The Hall–Kier alpha value is -0.870. The molecule has 2 N–H and O–H groups in total. The van der Waals surface area contributed by atoms with Crippen molar-refractivity contribution in [1.82, 2.24) is 0 Å². The lowest BCUT2D eigenvalue weighted by molar-refractivity contribution is 0.269. The molecule has 0 atom stereocenters. The molecule has 0 bridgehead atoms. The fraction of sp³-hybridized carbons (Fsp3) is 0.647. The Labute approximate surface area is 130 Å². The minimum absolute atomic E-state index is 0.177. The van der Waals surface area contributed by atoms with Gasteiger partial charge in [0.25, 0.3) is 0 Å². The van der Waals surface area contributed by atoms with Crippen molar-refractivity contribution in [2.45, 2.75) is 65.2 Å². The number of hydrogen-bond donors (Lipinski definition) is 1. The van der Waals surface area contributed by atoms with E-state index in [0.717, 1.165) is 12.8 Å². The SMILES string of the molecule is CC(C)(C)CC(CC(C)(C)C)c1ccc(S(N)(=O)=O)cc1. The normalized spacial score (nSPS) is 13.7. The van der Waals surface area contributed by atoms with E-state index in [0.29, 0.717) is 5.92 Å². The van der Waals surface area contributed by atoms with Gasteiger partial charge in [-0.25, -0.2) is 13.6 Å². The van der Waals surface area contributed by atoms with Gasteiger partial charge >= 0.3 is 0 Å². The molecule has 4 heteroatoms. The molecule has 0 saturated heterocycles. The first-order valence-electron chi connectivity index (χ1n) is 7.41. The van der Waals surface area contributed by atoms with E-state index in [1.54, 1.807) is 12.1 Å². The van der Waals surface area contributed by atoms with E-state index in [-0.39, 0.29) is 15.7 Å². The molecule has 0 aliphatic rings. The third-order valence-electron chi connectivity index (χ3n) is 3.40. The summed E-state index contributed by atoms with van der Waals surface area (Å²) in [7, 11) is -3.62. The van der Waals surface area contributed by atoms with Crippen LogP contribution >= 0.6 is 0 Å². The van der Waals surface area contributed by atoms with Gasteiger partial charge in [-0.05, 0) is 47.3 Å². The van der Waals surface area contributed by atoms with Crippen LogP contribution in [0.15, 0.2) is 29.2 Å². The van der Waals surface area contributed by atoms with Crippen molar-refractivity contribution in [2.24, 2.45) is 16.0 Å². The van der Waals surface area contributed by atoms with Crippen molar-refractivity contribution in [3.63, 3.8) is 0 Å². The van der Waals surface area contributed by atoms with Gasteiger partial charge in [-0.2, -0.15) is 0 Å². The van der Waals surface area contributed by atoms with Crippen LogP contribution in [0, 0.1) is 10.8 Å². The Balaban J connectivity index is 3.08. The molecule has 0 saturated carbocycles. The molecule has 0 aliphatic heterocycles. The Kier molecular flexibility index (Phi) is 5.27. The number of sulfonamides is 1. The summed E-state index contributed by atoms with van der Waals surface area (Å²) in [5.74, 6) is 0.416. The Morgan fingerprint density at radius 2 is 1.29 bits per heavy atom. The smallest absolute Gasteiger partial charge is 0.225 e. The van der Waals surface area contributed by atoms with Crippen molar-refractivity contribution in [3.8, 4) is 0 Å². The van der Waals surface area contributed by atoms with Gasteiger partial charge in [0.15, 0.2) is 0 Å². The maximum absolute atomic E-state index is 11.3. The summed E-state index contributed by atoms with van der Waals surface area (Å²) in [6, 6.07) is 7.04. The molecule has 21 heavy (non-hydrogen) atoms. The second-order valence-corrected chi connectivity index (χ2v) is 9.90. The van der Waals surface area contributed by atoms with Crippen molar-refractivity contribution >= 4 is 10.0 Å². The zero-order valence-corrected chi connectivity index (χ0v) is 14.9. The zero-order chi connectivity index (χ0) is 16.5. The van der Waals surface area contributed by atoms with Crippen molar-refractivity contribution < 1.29 is 8.42 Å². The van der Waals surface area contributed by atoms with Crippen LogP contribution in [0.2, 0.25) is 0 Å². The summed E-state index contributed by atoms with van der Waals surface area (Å²) in [5, 5.41) is 5.16. The van der Waals surface area contributed by atoms with Crippen LogP contribution in [-0.4, -0.2) is 8.42 Å². The molecule has 1 aromatic rings. The van der Waals surface area contributed by atoms with E-state index in [2.05, 4.69) is 41.5 Å². The second-order valence-electron chi connectivity index (χ2n) is 8.34. The fourth-order valence-electron chi connectivity index (χ4n) is 2.72. The van der Waals surface area contributed by atoms with Crippen molar-refractivity contribution in [2.75, 3.05) is 0 Å². The van der Waals surface area contributed by atoms with Gasteiger partial charge in [-0.15, -0.1) is 0 Å². The molecule has 3 nitrogen and oxygen atoms in total. The average Bonchev–Trinajstić information content (AvgIpc) is 2.23. The topological polar surface area (TPSA) is 60.2 Å². The highest BCUT2D eigenvalue weighted by molar-refractivity contribution is 7.89. The Morgan fingerprint density at radius 1 is 0.905 bits per heavy atom.